The van der Waals surface area contributed by atoms with Crippen LogP contribution in [0.25, 0.3) is 0 Å². The van der Waals surface area contributed by atoms with Crippen molar-refractivity contribution in [1.29, 1.82) is 5.41 Å². The Labute approximate surface area is 75.1 Å². The van der Waals surface area contributed by atoms with E-state index in [-0.39, 0.29) is 0 Å². The lowest BCUT2D eigenvalue weighted by Crippen LogP contribution is -2.37. The number of carbonyl (C=O) groups is 2. The molecule has 0 spiro atoms. The number of carboxylic acid groups (broad SMARTS) is 1. The molecule has 0 heterocycles. The largest absolute Gasteiger partial charge is 0.465 e. The topological polar surface area (TPSA) is 102 Å². The molecule has 0 bridgehead atoms. The third-order valence-corrected chi connectivity index (χ3v) is 1.33. The van der Waals surface area contributed by atoms with Crippen molar-refractivity contribution in [3.8, 4) is 0 Å². The summed E-state index contributed by atoms with van der Waals surface area (Å²) in [5.41, 5.74) is 0.995. The first-order valence-electron chi connectivity index (χ1n) is 3.46. The van der Waals surface area contributed by atoms with Crippen molar-refractivity contribution in [2.45, 2.75) is 13.8 Å². The number of carbonyl (C=O) groups excluding carboxylic acids is 1. The minimum absolute atomic E-state index is 0.439. The molecule has 0 radical (unpaired) electrons. The highest BCUT2D eigenvalue weighted by molar-refractivity contribution is 5.91. The van der Waals surface area contributed by atoms with Crippen LogP contribution < -0.4 is 10.6 Å². The van der Waals surface area contributed by atoms with E-state index in [1.807, 2.05) is 0 Å². The SMILES string of the molecule is CC(C=N)=C(C)NC(=O)NC(=O)O. The molecule has 0 aliphatic heterocycles. The smallest absolute Gasteiger partial charge is 0.412 e. The summed E-state index contributed by atoms with van der Waals surface area (Å²) in [6.45, 7) is 3.20. The number of allylic oxidation sites excluding steroid dienone is 2. The van der Waals surface area contributed by atoms with E-state index in [0.29, 0.717) is 11.3 Å². The molecule has 0 saturated heterocycles. The number of hydrogen-bond acceptors (Lipinski definition) is 3. The van der Waals surface area contributed by atoms with Gasteiger partial charge < -0.3 is 15.8 Å². The van der Waals surface area contributed by atoms with Gasteiger partial charge in [0.05, 0.1) is 0 Å². The lowest BCUT2D eigenvalue weighted by molar-refractivity contribution is 0.192. The first-order chi connectivity index (χ1) is 5.97. The minimum atomic E-state index is -1.42. The Morgan fingerprint density at radius 3 is 2.23 bits per heavy atom. The molecule has 0 rings (SSSR count). The summed E-state index contributed by atoms with van der Waals surface area (Å²) in [7, 11) is 0. The lowest BCUT2D eigenvalue weighted by atomic mass is 10.3. The van der Waals surface area contributed by atoms with Crippen molar-refractivity contribution in [1.82, 2.24) is 10.6 Å². The molecule has 0 aromatic heterocycles. The van der Waals surface area contributed by atoms with Crippen LogP contribution in [-0.2, 0) is 0 Å². The van der Waals surface area contributed by atoms with Crippen molar-refractivity contribution < 1.29 is 14.7 Å². The van der Waals surface area contributed by atoms with Gasteiger partial charge in [-0.1, -0.05) is 0 Å². The minimum Gasteiger partial charge on any atom is -0.465 e. The third-order valence-electron chi connectivity index (χ3n) is 1.33. The molecule has 0 aliphatic carbocycles. The molecule has 3 amide bonds. The summed E-state index contributed by atoms with van der Waals surface area (Å²) >= 11 is 0. The third kappa shape index (κ3) is 4.57. The van der Waals surface area contributed by atoms with Gasteiger partial charge in [-0.3, -0.25) is 0 Å². The number of nitrogens with one attached hydrogen (secondary N) is 3. The highest BCUT2D eigenvalue weighted by Gasteiger charge is 2.05. The van der Waals surface area contributed by atoms with Crippen LogP contribution in [0.15, 0.2) is 11.3 Å². The molecule has 0 saturated carbocycles. The van der Waals surface area contributed by atoms with Gasteiger partial charge in [-0.05, 0) is 19.4 Å². The zero-order valence-corrected chi connectivity index (χ0v) is 7.34. The monoisotopic (exact) mass is 185 g/mol. The van der Waals surface area contributed by atoms with Gasteiger partial charge in [-0.2, -0.15) is 0 Å². The van der Waals surface area contributed by atoms with Crippen LogP contribution in [-0.4, -0.2) is 23.4 Å². The Bertz CT molecular complexity index is 270. The maximum atomic E-state index is 10.8. The number of urea groups is 1. The van der Waals surface area contributed by atoms with E-state index >= 15 is 0 Å². The molecular formula is C7H11N3O3. The average Bonchev–Trinajstić information content (AvgIpc) is 2.01. The number of rotatable bonds is 2. The first-order valence-corrected chi connectivity index (χ1v) is 3.46. The van der Waals surface area contributed by atoms with Crippen LogP contribution >= 0.6 is 0 Å². The van der Waals surface area contributed by atoms with E-state index in [9.17, 15) is 9.59 Å². The van der Waals surface area contributed by atoms with Crippen molar-refractivity contribution in [2.75, 3.05) is 0 Å². The number of imide groups is 1. The van der Waals surface area contributed by atoms with E-state index < -0.39 is 12.1 Å². The molecule has 0 aromatic carbocycles. The Hall–Kier alpha value is -1.85. The second-order valence-corrected chi connectivity index (χ2v) is 2.34. The van der Waals surface area contributed by atoms with Gasteiger partial charge in [-0.25, -0.2) is 14.9 Å². The molecule has 0 atom stereocenters. The first kappa shape index (κ1) is 11.2. The van der Waals surface area contributed by atoms with Gasteiger partial charge in [0, 0.05) is 11.9 Å². The summed E-state index contributed by atoms with van der Waals surface area (Å²) in [5.74, 6) is 0. The van der Waals surface area contributed by atoms with E-state index in [1.54, 1.807) is 19.2 Å². The van der Waals surface area contributed by atoms with Crippen molar-refractivity contribution in [2.24, 2.45) is 0 Å². The van der Waals surface area contributed by atoms with Crippen LogP contribution in [0.1, 0.15) is 13.8 Å². The van der Waals surface area contributed by atoms with Crippen LogP contribution in [0.4, 0.5) is 9.59 Å². The average molecular weight is 185 g/mol. The fraction of sp³-hybridized carbons (Fsp3) is 0.286. The summed E-state index contributed by atoms with van der Waals surface area (Å²) in [6, 6.07) is -0.828. The highest BCUT2D eigenvalue weighted by Crippen LogP contribution is 1.94. The Morgan fingerprint density at radius 2 is 1.85 bits per heavy atom. The number of hydrogen-bond donors (Lipinski definition) is 4. The van der Waals surface area contributed by atoms with Crippen LogP contribution in [0.2, 0.25) is 0 Å². The molecule has 0 fully saturated rings. The molecule has 6 heteroatoms. The fourth-order valence-electron chi connectivity index (χ4n) is 0.506. The van der Waals surface area contributed by atoms with Gasteiger partial charge in [0.2, 0.25) is 0 Å². The van der Waals surface area contributed by atoms with Gasteiger partial charge in [0.25, 0.3) is 0 Å². The Balaban J connectivity index is 4.21. The second-order valence-electron chi connectivity index (χ2n) is 2.34. The molecule has 13 heavy (non-hydrogen) atoms. The zero-order chi connectivity index (χ0) is 10.4. The molecule has 0 unspecified atom stereocenters. The van der Waals surface area contributed by atoms with Crippen LogP contribution in [0, 0.1) is 5.41 Å². The predicted octanol–water partition coefficient (Wildman–Crippen LogP) is 0.907. The van der Waals surface area contributed by atoms with E-state index in [4.69, 9.17) is 10.5 Å². The maximum absolute atomic E-state index is 10.8. The highest BCUT2D eigenvalue weighted by atomic mass is 16.4. The number of amides is 3. The van der Waals surface area contributed by atoms with Gasteiger partial charge in [0.15, 0.2) is 0 Å². The molecular weight excluding hydrogens is 174 g/mol. The van der Waals surface area contributed by atoms with Crippen LogP contribution in [0.3, 0.4) is 0 Å². The normalized spacial score (nSPS) is 11.2. The molecule has 6 nitrogen and oxygen atoms in total. The van der Waals surface area contributed by atoms with Crippen molar-refractivity contribution >= 4 is 18.3 Å². The molecule has 0 aliphatic rings. The quantitative estimate of drug-likeness (QED) is 0.480. The second kappa shape index (κ2) is 4.91. The molecule has 72 valence electrons. The van der Waals surface area contributed by atoms with Crippen molar-refractivity contribution in [3.05, 3.63) is 11.3 Å². The Morgan fingerprint density at radius 1 is 1.31 bits per heavy atom. The standard InChI is InChI=1S/C7H11N3O3/c1-4(3-8)5(2)9-6(11)10-7(12)13/h3,8H,1-2H3,(H,12,13)(H2,9,10,11). The zero-order valence-electron chi connectivity index (χ0n) is 7.34. The van der Waals surface area contributed by atoms with E-state index in [2.05, 4.69) is 5.32 Å². The lowest BCUT2D eigenvalue weighted by Gasteiger charge is -2.05. The molecule has 0 aromatic rings. The summed E-state index contributed by atoms with van der Waals surface area (Å²) < 4.78 is 0. The fourth-order valence-corrected chi connectivity index (χ4v) is 0.506. The van der Waals surface area contributed by atoms with Gasteiger partial charge >= 0.3 is 12.1 Å². The van der Waals surface area contributed by atoms with Crippen molar-refractivity contribution in [3.63, 3.8) is 0 Å². The van der Waals surface area contributed by atoms with E-state index in [1.165, 1.54) is 0 Å². The van der Waals surface area contributed by atoms with E-state index in [0.717, 1.165) is 6.21 Å². The van der Waals surface area contributed by atoms with Gasteiger partial charge in [-0.15, -0.1) is 0 Å². The summed E-state index contributed by atoms with van der Waals surface area (Å²) in [4.78, 5) is 20.8. The summed E-state index contributed by atoms with van der Waals surface area (Å²) in [5, 5.41) is 18.9. The van der Waals surface area contributed by atoms with Crippen LogP contribution in [0.5, 0.6) is 0 Å². The Kier molecular flexibility index (Phi) is 4.21. The summed E-state index contributed by atoms with van der Waals surface area (Å²) in [6.07, 6.45) is -0.353. The van der Waals surface area contributed by atoms with Gasteiger partial charge in [0.1, 0.15) is 0 Å². The predicted molar refractivity (Wildman–Crippen MR) is 46.8 cm³/mol. The maximum Gasteiger partial charge on any atom is 0.412 e. The molecule has 4 N–H and O–H groups in total.